The van der Waals surface area contributed by atoms with Crippen LogP contribution < -0.4 is 5.32 Å². The molecule has 4 rings (SSSR count). The summed E-state index contributed by atoms with van der Waals surface area (Å²) < 4.78 is 27.1. The first kappa shape index (κ1) is 20.4. The molecule has 0 aliphatic carbocycles. The number of hydrogen-bond donors (Lipinski definition) is 1. The predicted octanol–water partition coefficient (Wildman–Crippen LogP) is 4.25. The van der Waals surface area contributed by atoms with Crippen LogP contribution >= 0.6 is 0 Å². The molecule has 31 heavy (non-hydrogen) atoms. The van der Waals surface area contributed by atoms with Crippen molar-refractivity contribution in [2.24, 2.45) is 0 Å². The summed E-state index contributed by atoms with van der Waals surface area (Å²) in [7, 11) is 0. The molecule has 0 aromatic heterocycles. The van der Waals surface area contributed by atoms with Gasteiger partial charge in [0, 0.05) is 17.2 Å². The molecule has 156 valence electrons. The van der Waals surface area contributed by atoms with E-state index in [1.54, 1.807) is 55.5 Å². The first-order valence-electron chi connectivity index (χ1n) is 9.65. The average molecular weight is 420 g/mol. The Morgan fingerprint density at radius 2 is 1.61 bits per heavy atom. The maximum atomic E-state index is 14.0. The molecule has 0 spiro atoms. The average Bonchev–Trinajstić information content (AvgIpc) is 2.99. The van der Waals surface area contributed by atoms with Crippen LogP contribution in [0.2, 0.25) is 0 Å². The molecule has 3 aromatic carbocycles. The van der Waals surface area contributed by atoms with Crippen LogP contribution in [0.25, 0.3) is 0 Å². The van der Waals surface area contributed by atoms with E-state index < -0.39 is 23.6 Å². The third-order valence-corrected chi connectivity index (χ3v) is 5.18. The molecule has 3 aromatic rings. The van der Waals surface area contributed by atoms with Crippen molar-refractivity contribution >= 4 is 17.7 Å². The van der Waals surface area contributed by atoms with Crippen LogP contribution in [0.4, 0.5) is 8.78 Å². The van der Waals surface area contributed by atoms with E-state index in [9.17, 15) is 23.2 Å². The fourth-order valence-corrected chi connectivity index (χ4v) is 3.59. The second-order valence-electron chi connectivity index (χ2n) is 7.30. The standard InChI is InChI=1S/C24H18F2N2O3/c1-14(18-10-9-17(25)12-21(18)26)27-22(29)16-6-4-5-15(11-16)13-28-23(30)19-7-2-3-8-20(19)24(28)31/h2-12,14H,13H2,1H3,(H,27,29). The minimum atomic E-state index is -0.743. The molecule has 1 heterocycles. The van der Waals surface area contributed by atoms with Gasteiger partial charge in [-0.3, -0.25) is 19.3 Å². The third-order valence-electron chi connectivity index (χ3n) is 5.18. The number of amides is 3. The smallest absolute Gasteiger partial charge is 0.261 e. The minimum Gasteiger partial charge on any atom is -0.345 e. The molecular weight excluding hydrogens is 402 g/mol. The molecule has 0 fully saturated rings. The fourth-order valence-electron chi connectivity index (χ4n) is 3.59. The second kappa shape index (κ2) is 8.10. The molecule has 1 unspecified atom stereocenters. The molecule has 0 bridgehead atoms. The molecule has 0 radical (unpaired) electrons. The summed E-state index contributed by atoms with van der Waals surface area (Å²) in [5.74, 6) is -2.65. The summed E-state index contributed by atoms with van der Waals surface area (Å²) in [4.78, 5) is 38.9. The SMILES string of the molecule is CC(NC(=O)c1cccc(CN2C(=O)c3ccccc3C2=O)c1)c1ccc(F)cc1F. The Balaban J connectivity index is 1.49. The van der Waals surface area contributed by atoms with Crippen molar-refractivity contribution in [1.82, 2.24) is 10.2 Å². The van der Waals surface area contributed by atoms with Gasteiger partial charge in [0.2, 0.25) is 0 Å². The zero-order valence-electron chi connectivity index (χ0n) is 16.6. The number of carbonyl (C=O) groups excluding carboxylic acids is 3. The van der Waals surface area contributed by atoms with Crippen molar-refractivity contribution in [2.75, 3.05) is 0 Å². The topological polar surface area (TPSA) is 66.5 Å². The van der Waals surface area contributed by atoms with Crippen LogP contribution in [0.15, 0.2) is 66.7 Å². The molecule has 5 nitrogen and oxygen atoms in total. The summed E-state index contributed by atoms with van der Waals surface area (Å²) >= 11 is 0. The van der Waals surface area contributed by atoms with Gasteiger partial charge in [0.25, 0.3) is 17.7 Å². The summed E-state index contributed by atoms with van der Waals surface area (Å²) in [6.45, 7) is 1.62. The van der Waals surface area contributed by atoms with Crippen LogP contribution in [0, 0.1) is 11.6 Å². The van der Waals surface area contributed by atoms with Gasteiger partial charge in [0.1, 0.15) is 11.6 Å². The van der Waals surface area contributed by atoms with Gasteiger partial charge in [0.05, 0.1) is 23.7 Å². The van der Waals surface area contributed by atoms with E-state index in [0.29, 0.717) is 22.3 Å². The fraction of sp³-hybridized carbons (Fsp3) is 0.125. The van der Waals surface area contributed by atoms with Crippen molar-refractivity contribution in [2.45, 2.75) is 19.5 Å². The number of carbonyl (C=O) groups is 3. The van der Waals surface area contributed by atoms with E-state index in [-0.39, 0.29) is 23.9 Å². The zero-order chi connectivity index (χ0) is 22.1. The van der Waals surface area contributed by atoms with Crippen LogP contribution in [-0.4, -0.2) is 22.6 Å². The molecule has 0 saturated heterocycles. The normalized spacial score (nSPS) is 13.8. The molecule has 1 aliphatic rings. The van der Waals surface area contributed by atoms with Crippen LogP contribution in [0.1, 0.15) is 55.2 Å². The highest BCUT2D eigenvalue weighted by atomic mass is 19.1. The zero-order valence-corrected chi connectivity index (χ0v) is 16.6. The third kappa shape index (κ3) is 3.94. The van der Waals surface area contributed by atoms with E-state index in [4.69, 9.17) is 0 Å². The molecule has 7 heteroatoms. The lowest BCUT2D eigenvalue weighted by atomic mass is 10.1. The van der Waals surface area contributed by atoms with Gasteiger partial charge in [-0.1, -0.05) is 30.3 Å². The number of fused-ring (bicyclic) bond motifs is 1. The van der Waals surface area contributed by atoms with Crippen molar-refractivity contribution in [3.63, 3.8) is 0 Å². The Hall–Kier alpha value is -3.87. The highest BCUT2D eigenvalue weighted by molar-refractivity contribution is 6.21. The Bertz CT molecular complexity index is 1170. The molecular formula is C24H18F2N2O3. The van der Waals surface area contributed by atoms with E-state index >= 15 is 0 Å². The molecule has 3 amide bonds. The van der Waals surface area contributed by atoms with Gasteiger partial charge in [-0.2, -0.15) is 0 Å². The highest BCUT2D eigenvalue weighted by Crippen LogP contribution is 2.24. The number of rotatable bonds is 5. The van der Waals surface area contributed by atoms with Crippen molar-refractivity contribution in [3.8, 4) is 0 Å². The summed E-state index contributed by atoms with van der Waals surface area (Å²) in [5, 5.41) is 2.68. The minimum absolute atomic E-state index is 0.0234. The molecule has 1 aliphatic heterocycles. The lowest BCUT2D eigenvalue weighted by Gasteiger charge is -2.17. The number of imide groups is 1. The van der Waals surface area contributed by atoms with Crippen molar-refractivity contribution in [3.05, 3.63) is 106 Å². The Kier molecular flexibility index (Phi) is 5.33. The maximum absolute atomic E-state index is 14.0. The van der Waals surface area contributed by atoms with Crippen LogP contribution in [0.5, 0.6) is 0 Å². The quantitative estimate of drug-likeness (QED) is 0.628. The summed E-state index contributed by atoms with van der Waals surface area (Å²) in [6, 6.07) is 15.6. The van der Waals surface area contributed by atoms with E-state index in [2.05, 4.69) is 5.32 Å². The lowest BCUT2D eigenvalue weighted by molar-refractivity contribution is 0.0642. The Labute approximate surface area is 177 Å². The van der Waals surface area contributed by atoms with Crippen molar-refractivity contribution < 1.29 is 23.2 Å². The number of benzene rings is 3. The van der Waals surface area contributed by atoms with Gasteiger partial charge < -0.3 is 5.32 Å². The van der Waals surface area contributed by atoms with Crippen LogP contribution in [-0.2, 0) is 6.54 Å². The second-order valence-corrected chi connectivity index (χ2v) is 7.30. The van der Waals surface area contributed by atoms with Crippen molar-refractivity contribution in [1.29, 1.82) is 0 Å². The van der Waals surface area contributed by atoms with Gasteiger partial charge in [-0.25, -0.2) is 8.78 Å². The maximum Gasteiger partial charge on any atom is 0.261 e. The Morgan fingerprint density at radius 3 is 2.26 bits per heavy atom. The number of hydrogen-bond acceptors (Lipinski definition) is 3. The first-order valence-corrected chi connectivity index (χ1v) is 9.65. The largest absolute Gasteiger partial charge is 0.345 e. The molecule has 1 N–H and O–H groups in total. The first-order chi connectivity index (χ1) is 14.8. The molecule has 1 atom stereocenters. The summed E-state index contributed by atoms with van der Waals surface area (Å²) in [5.41, 5.74) is 1.77. The Morgan fingerprint density at radius 1 is 0.935 bits per heavy atom. The van der Waals surface area contributed by atoms with E-state index in [0.717, 1.165) is 17.0 Å². The van der Waals surface area contributed by atoms with Gasteiger partial charge >= 0.3 is 0 Å². The van der Waals surface area contributed by atoms with Gasteiger partial charge in [-0.05, 0) is 42.8 Å². The molecule has 0 saturated carbocycles. The predicted molar refractivity (Wildman–Crippen MR) is 109 cm³/mol. The number of nitrogens with zero attached hydrogens (tertiary/aromatic N) is 1. The highest BCUT2D eigenvalue weighted by Gasteiger charge is 2.35. The van der Waals surface area contributed by atoms with E-state index in [1.165, 1.54) is 6.07 Å². The van der Waals surface area contributed by atoms with E-state index in [1.807, 2.05) is 0 Å². The van der Waals surface area contributed by atoms with Gasteiger partial charge in [0.15, 0.2) is 0 Å². The van der Waals surface area contributed by atoms with Gasteiger partial charge in [-0.15, -0.1) is 0 Å². The van der Waals surface area contributed by atoms with Crippen LogP contribution in [0.3, 0.4) is 0 Å². The summed E-state index contributed by atoms with van der Waals surface area (Å²) in [6.07, 6.45) is 0. The number of nitrogens with one attached hydrogen (secondary N) is 1. The number of halogens is 2. The monoisotopic (exact) mass is 420 g/mol. The lowest BCUT2D eigenvalue weighted by Crippen LogP contribution is -2.30.